The van der Waals surface area contributed by atoms with Gasteiger partial charge in [-0.25, -0.2) is 10.2 Å². The molecule has 0 radical (unpaired) electrons. The molecule has 0 aliphatic rings. The quantitative estimate of drug-likeness (QED) is 0.615. The summed E-state index contributed by atoms with van der Waals surface area (Å²) in [6.45, 7) is 2.42. The average Bonchev–Trinajstić information content (AvgIpc) is 2.47. The standard InChI is InChI=1S/C12H14FN5O2/c1-2-7-19-11-15-10(18-14)16-12(17-11)20-9-5-3-8(13)4-6-9/h3-6H,2,7,14H2,1H3,(H,15,16,17,18). The van der Waals surface area contributed by atoms with E-state index in [1.807, 2.05) is 6.92 Å². The van der Waals surface area contributed by atoms with Crippen molar-refractivity contribution in [2.75, 3.05) is 12.0 Å². The van der Waals surface area contributed by atoms with E-state index in [0.29, 0.717) is 12.4 Å². The predicted octanol–water partition coefficient (Wildman–Crippen LogP) is 1.88. The highest BCUT2D eigenvalue weighted by Gasteiger charge is 2.09. The fourth-order valence-corrected chi connectivity index (χ4v) is 1.31. The SMILES string of the molecule is CCCOc1nc(NN)nc(Oc2ccc(F)cc2)n1. The molecule has 106 valence electrons. The third-order valence-corrected chi connectivity index (χ3v) is 2.18. The predicted molar refractivity (Wildman–Crippen MR) is 69.9 cm³/mol. The first kappa shape index (κ1) is 13.9. The fourth-order valence-electron chi connectivity index (χ4n) is 1.31. The molecule has 0 unspecified atom stereocenters. The van der Waals surface area contributed by atoms with E-state index >= 15 is 0 Å². The number of hydrogen-bond acceptors (Lipinski definition) is 7. The van der Waals surface area contributed by atoms with Crippen LogP contribution in [-0.2, 0) is 0 Å². The zero-order valence-corrected chi connectivity index (χ0v) is 10.8. The molecule has 0 spiro atoms. The number of hydrogen-bond donors (Lipinski definition) is 2. The number of aromatic nitrogens is 3. The number of hydrazine groups is 1. The molecule has 8 heteroatoms. The lowest BCUT2D eigenvalue weighted by atomic mass is 10.3. The lowest BCUT2D eigenvalue weighted by Gasteiger charge is -2.08. The van der Waals surface area contributed by atoms with Crippen LogP contribution in [-0.4, -0.2) is 21.6 Å². The largest absolute Gasteiger partial charge is 0.463 e. The van der Waals surface area contributed by atoms with Gasteiger partial charge in [0.15, 0.2) is 0 Å². The van der Waals surface area contributed by atoms with Crippen molar-refractivity contribution in [1.29, 1.82) is 0 Å². The van der Waals surface area contributed by atoms with Crippen molar-refractivity contribution in [3.05, 3.63) is 30.1 Å². The molecule has 1 heterocycles. The van der Waals surface area contributed by atoms with Crippen molar-refractivity contribution >= 4 is 5.95 Å². The number of halogens is 1. The Morgan fingerprint density at radius 3 is 2.50 bits per heavy atom. The van der Waals surface area contributed by atoms with Gasteiger partial charge in [-0.1, -0.05) is 6.92 Å². The van der Waals surface area contributed by atoms with E-state index in [1.165, 1.54) is 24.3 Å². The number of anilines is 1. The summed E-state index contributed by atoms with van der Waals surface area (Å²) in [7, 11) is 0. The van der Waals surface area contributed by atoms with Gasteiger partial charge in [-0.3, -0.25) is 5.43 Å². The monoisotopic (exact) mass is 279 g/mol. The Kier molecular flexibility index (Phi) is 4.61. The van der Waals surface area contributed by atoms with Gasteiger partial charge in [0.25, 0.3) is 0 Å². The number of nitrogen functional groups attached to an aromatic ring is 1. The molecule has 0 bridgehead atoms. The summed E-state index contributed by atoms with van der Waals surface area (Å²) in [6.07, 6.45) is 0.811. The average molecular weight is 279 g/mol. The molecule has 0 amide bonds. The minimum absolute atomic E-state index is 0.00524. The Morgan fingerprint density at radius 2 is 1.85 bits per heavy atom. The van der Waals surface area contributed by atoms with Crippen molar-refractivity contribution in [3.8, 4) is 17.8 Å². The summed E-state index contributed by atoms with van der Waals surface area (Å²) < 4.78 is 23.5. The molecule has 0 saturated heterocycles. The number of ether oxygens (including phenoxy) is 2. The first-order chi connectivity index (χ1) is 9.71. The van der Waals surface area contributed by atoms with Crippen LogP contribution in [0.2, 0.25) is 0 Å². The van der Waals surface area contributed by atoms with Crippen molar-refractivity contribution < 1.29 is 13.9 Å². The van der Waals surface area contributed by atoms with Crippen LogP contribution < -0.4 is 20.7 Å². The van der Waals surface area contributed by atoms with Crippen LogP contribution in [0, 0.1) is 5.82 Å². The van der Waals surface area contributed by atoms with Crippen LogP contribution in [0.4, 0.5) is 10.3 Å². The third kappa shape index (κ3) is 3.75. The lowest BCUT2D eigenvalue weighted by molar-refractivity contribution is 0.285. The van der Waals surface area contributed by atoms with E-state index < -0.39 is 0 Å². The molecule has 20 heavy (non-hydrogen) atoms. The first-order valence-corrected chi connectivity index (χ1v) is 6.00. The van der Waals surface area contributed by atoms with E-state index in [-0.39, 0.29) is 23.8 Å². The molecule has 0 aliphatic heterocycles. The van der Waals surface area contributed by atoms with Gasteiger partial charge < -0.3 is 9.47 Å². The van der Waals surface area contributed by atoms with Crippen molar-refractivity contribution in [1.82, 2.24) is 15.0 Å². The highest BCUT2D eigenvalue weighted by atomic mass is 19.1. The van der Waals surface area contributed by atoms with E-state index in [2.05, 4.69) is 20.4 Å². The molecule has 1 aromatic heterocycles. The molecule has 1 aromatic carbocycles. The van der Waals surface area contributed by atoms with E-state index in [1.54, 1.807) is 0 Å². The fraction of sp³-hybridized carbons (Fsp3) is 0.250. The maximum Gasteiger partial charge on any atom is 0.330 e. The van der Waals surface area contributed by atoms with Gasteiger partial charge in [-0.15, -0.1) is 4.98 Å². The maximum absolute atomic E-state index is 12.8. The molecular formula is C12H14FN5O2. The second kappa shape index (κ2) is 6.62. The summed E-state index contributed by atoms with van der Waals surface area (Å²) in [5.74, 6) is 5.41. The minimum Gasteiger partial charge on any atom is -0.463 e. The van der Waals surface area contributed by atoms with Crippen molar-refractivity contribution in [2.45, 2.75) is 13.3 Å². The minimum atomic E-state index is -0.357. The van der Waals surface area contributed by atoms with Crippen molar-refractivity contribution in [3.63, 3.8) is 0 Å². The number of nitrogens with one attached hydrogen (secondary N) is 1. The third-order valence-electron chi connectivity index (χ3n) is 2.18. The molecule has 0 atom stereocenters. The molecule has 0 fully saturated rings. The highest BCUT2D eigenvalue weighted by Crippen LogP contribution is 2.20. The van der Waals surface area contributed by atoms with E-state index in [9.17, 15) is 4.39 Å². The molecule has 7 nitrogen and oxygen atoms in total. The van der Waals surface area contributed by atoms with Crippen LogP contribution in [0.15, 0.2) is 24.3 Å². The molecule has 0 aliphatic carbocycles. The van der Waals surface area contributed by atoms with Gasteiger partial charge in [0.1, 0.15) is 11.6 Å². The van der Waals surface area contributed by atoms with Crippen LogP contribution in [0.25, 0.3) is 0 Å². The van der Waals surface area contributed by atoms with Gasteiger partial charge in [0.2, 0.25) is 5.95 Å². The summed E-state index contributed by atoms with van der Waals surface area (Å²) >= 11 is 0. The highest BCUT2D eigenvalue weighted by molar-refractivity contribution is 5.29. The van der Waals surface area contributed by atoms with Gasteiger partial charge in [0.05, 0.1) is 6.61 Å². The zero-order valence-electron chi connectivity index (χ0n) is 10.8. The van der Waals surface area contributed by atoms with Crippen LogP contribution in [0.3, 0.4) is 0 Å². The number of benzene rings is 1. The number of nitrogens with two attached hydrogens (primary N) is 1. The van der Waals surface area contributed by atoms with E-state index in [0.717, 1.165) is 6.42 Å². The Hall–Kier alpha value is -2.48. The summed E-state index contributed by atoms with van der Waals surface area (Å²) in [6, 6.07) is 5.57. The molecule has 2 aromatic rings. The van der Waals surface area contributed by atoms with Crippen LogP contribution in [0.1, 0.15) is 13.3 Å². The van der Waals surface area contributed by atoms with Gasteiger partial charge in [-0.2, -0.15) is 9.97 Å². The first-order valence-electron chi connectivity index (χ1n) is 6.00. The van der Waals surface area contributed by atoms with Crippen LogP contribution in [0.5, 0.6) is 17.8 Å². The second-order valence-electron chi connectivity index (χ2n) is 3.77. The summed E-state index contributed by atoms with van der Waals surface area (Å²) in [5, 5.41) is 0. The Balaban J connectivity index is 2.19. The maximum atomic E-state index is 12.8. The summed E-state index contributed by atoms with van der Waals surface area (Å²) in [4.78, 5) is 11.8. The van der Waals surface area contributed by atoms with Crippen LogP contribution >= 0.6 is 0 Å². The normalized spacial score (nSPS) is 10.2. The van der Waals surface area contributed by atoms with Gasteiger partial charge in [-0.05, 0) is 30.7 Å². The zero-order chi connectivity index (χ0) is 14.4. The van der Waals surface area contributed by atoms with Gasteiger partial charge in [0, 0.05) is 0 Å². The smallest absolute Gasteiger partial charge is 0.330 e. The Bertz CT molecular complexity index is 564. The molecule has 3 N–H and O–H groups in total. The Labute approximate surface area is 114 Å². The number of nitrogens with zero attached hydrogens (tertiary/aromatic N) is 3. The lowest BCUT2D eigenvalue weighted by Crippen LogP contribution is -2.13. The number of rotatable bonds is 6. The summed E-state index contributed by atoms with van der Waals surface area (Å²) in [5.41, 5.74) is 2.30. The molecular weight excluding hydrogens is 265 g/mol. The van der Waals surface area contributed by atoms with Crippen molar-refractivity contribution in [2.24, 2.45) is 5.84 Å². The molecule has 0 saturated carbocycles. The molecule has 2 rings (SSSR count). The second-order valence-corrected chi connectivity index (χ2v) is 3.77. The van der Waals surface area contributed by atoms with Gasteiger partial charge >= 0.3 is 12.0 Å². The topological polar surface area (TPSA) is 95.2 Å². The Morgan fingerprint density at radius 1 is 1.15 bits per heavy atom. The van der Waals surface area contributed by atoms with E-state index in [4.69, 9.17) is 15.3 Å².